The topological polar surface area (TPSA) is 117 Å². The Morgan fingerprint density at radius 1 is 1.28 bits per heavy atom. The van der Waals surface area contributed by atoms with E-state index in [-0.39, 0.29) is 19.4 Å². The Morgan fingerprint density at radius 2 is 1.96 bits per heavy atom. The van der Waals surface area contributed by atoms with Gasteiger partial charge in [0, 0.05) is 25.1 Å². The fraction of sp³-hybridized carbons (Fsp3) is 0.600. The van der Waals surface area contributed by atoms with Crippen molar-refractivity contribution in [1.29, 1.82) is 0 Å². The molecule has 0 unspecified atom stereocenters. The molecule has 1 saturated heterocycles. The number of carbonyl (C=O) groups excluding carboxylic acids is 2. The van der Waals surface area contributed by atoms with Crippen LogP contribution in [0.15, 0.2) is 21.9 Å². The van der Waals surface area contributed by atoms with Crippen molar-refractivity contribution in [2.45, 2.75) is 50.0 Å². The molecule has 0 saturated carbocycles. The lowest BCUT2D eigenvalue weighted by molar-refractivity contribution is -0.157. The second kappa shape index (κ2) is 8.43. The van der Waals surface area contributed by atoms with Gasteiger partial charge in [-0.25, -0.2) is 4.79 Å². The average molecular weight is 419 g/mol. The van der Waals surface area contributed by atoms with Crippen molar-refractivity contribution in [2.75, 3.05) is 6.61 Å². The number of aromatic amines is 1. The van der Waals surface area contributed by atoms with E-state index < -0.39 is 46.5 Å². The van der Waals surface area contributed by atoms with Crippen molar-refractivity contribution < 1.29 is 23.8 Å². The minimum atomic E-state index is -0.843. The third-order valence-electron chi connectivity index (χ3n) is 3.65. The van der Waals surface area contributed by atoms with Crippen LogP contribution in [0.3, 0.4) is 0 Å². The first-order chi connectivity index (χ1) is 11.9. The zero-order valence-corrected chi connectivity index (χ0v) is 15.4. The Labute approximate surface area is 151 Å². The highest BCUT2D eigenvalue weighted by Gasteiger charge is 2.47. The van der Waals surface area contributed by atoms with Crippen molar-refractivity contribution in [3.05, 3.63) is 33.1 Å². The molecule has 1 aromatic heterocycles. The van der Waals surface area contributed by atoms with Gasteiger partial charge < -0.3 is 14.2 Å². The van der Waals surface area contributed by atoms with Crippen LogP contribution >= 0.6 is 15.9 Å². The van der Waals surface area contributed by atoms with Gasteiger partial charge in [-0.2, -0.15) is 0 Å². The van der Waals surface area contributed by atoms with Crippen LogP contribution in [0.4, 0.5) is 0 Å². The molecule has 0 bridgehead atoms. The van der Waals surface area contributed by atoms with Gasteiger partial charge in [-0.15, -0.1) is 0 Å². The largest absolute Gasteiger partial charge is 0.463 e. The zero-order valence-electron chi connectivity index (χ0n) is 13.8. The van der Waals surface area contributed by atoms with Crippen LogP contribution in [0.1, 0.15) is 32.9 Å². The Kier molecular flexibility index (Phi) is 6.54. The number of esters is 2. The van der Waals surface area contributed by atoms with E-state index in [0.29, 0.717) is 0 Å². The lowest BCUT2D eigenvalue weighted by Crippen LogP contribution is -2.37. The smallest absolute Gasteiger partial charge is 0.330 e. The summed E-state index contributed by atoms with van der Waals surface area (Å²) in [4.78, 5) is 47.8. The van der Waals surface area contributed by atoms with Gasteiger partial charge >= 0.3 is 17.6 Å². The lowest BCUT2D eigenvalue weighted by atomic mass is 10.2. The van der Waals surface area contributed by atoms with E-state index >= 15 is 0 Å². The van der Waals surface area contributed by atoms with Crippen molar-refractivity contribution >= 4 is 27.9 Å². The van der Waals surface area contributed by atoms with E-state index in [4.69, 9.17) is 14.2 Å². The van der Waals surface area contributed by atoms with Crippen molar-refractivity contribution in [3.8, 4) is 0 Å². The minimum Gasteiger partial charge on any atom is -0.463 e. The van der Waals surface area contributed by atoms with Gasteiger partial charge in [0.05, 0.1) is 4.83 Å². The summed E-state index contributed by atoms with van der Waals surface area (Å²) in [6.07, 6.45) is -0.697. The van der Waals surface area contributed by atoms with Crippen LogP contribution in [-0.4, -0.2) is 45.1 Å². The number of nitrogens with one attached hydrogen (secondary N) is 1. The molecule has 10 heteroatoms. The lowest BCUT2D eigenvalue weighted by Gasteiger charge is -2.20. The highest BCUT2D eigenvalue weighted by atomic mass is 79.9. The first-order valence-electron chi connectivity index (χ1n) is 7.83. The highest BCUT2D eigenvalue weighted by molar-refractivity contribution is 9.09. The molecule has 25 heavy (non-hydrogen) atoms. The Hall–Kier alpha value is -1.94. The van der Waals surface area contributed by atoms with Crippen molar-refractivity contribution in [3.63, 3.8) is 0 Å². The van der Waals surface area contributed by atoms with E-state index in [2.05, 4.69) is 20.9 Å². The van der Waals surface area contributed by atoms with Crippen LogP contribution in [0.5, 0.6) is 0 Å². The molecule has 1 N–H and O–H groups in total. The molecule has 1 aromatic rings. The molecule has 0 aromatic carbocycles. The van der Waals surface area contributed by atoms with Crippen LogP contribution in [0.2, 0.25) is 0 Å². The first-order valence-corrected chi connectivity index (χ1v) is 8.75. The standard InChI is InChI=1S/C15H19BrN2O7/c1-3-10(20)23-7-8-13(25-11(21)4-2)12(16)14(24-8)18-6-5-9(19)17-15(18)22/h5-6,8,12-14H,3-4,7H2,1-2H3,(H,17,19,22)/t8-,12+,13-,14+/m1/s1. The summed E-state index contributed by atoms with van der Waals surface area (Å²) in [6, 6.07) is 1.18. The van der Waals surface area contributed by atoms with Gasteiger partial charge in [0.25, 0.3) is 5.56 Å². The predicted molar refractivity (Wildman–Crippen MR) is 89.4 cm³/mol. The van der Waals surface area contributed by atoms with E-state index in [1.807, 2.05) is 0 Å². The molecule has 9 nitrogen and oxygen atoms in total. The number of nitrogens with zero attached hydrogens (tertiary/aromatic N) is 1. The molecular formula is C15H19BrN2O7. The number of carbonyl (C=O) groups is 2. The maximum absolute atomic E-state index is 12.0. The number of aromatic nitrogens is 2. The van der Waals surface area contributed by atoms with E-state index in [1.165, 1.54) is 16.8 Å². The molecule has 0 amide bonds. The van der Waals surface area contributed by atoms with Crippen molar-refractivity contribution in [1.82, 2.24) is 9.55 Å². The van der Waals surface area contributed by atoms with Crippen LogP contribution in [0, 0.1) is 0 Å². The summed E-state index contributed by atoms with van der Waals surface area (Å²) in [7, 11) is 0. The van der Waals surface area contributed by atoms with Gasteiger partial charge in [-0.3, -0.25) is 23.9 Å². The highest BCUT2D eigenvalue weighted by Crippen LogP contribution is 2.36. The molecule has 0 radical (unpaired) electrons. The predicted octanol–water partition coefficient (Wildman–Crippen LogP) is 0.472. The van der Waals surface area contributed by atoms with Gasteiger partial charge in [0.15, 0.2) is 6.23 Å². The second-order valence-electron chi connectivity index (χ2n) is 5.37. The third kappa shape index (κ3) is 4.57. The summed E-state index contributed by atoms with van der Waals surface area (Å²) in [6.45, 7) is 3.19. The number of hydrogen-bond acceptors (Lipinski definition) is 7. The molecule has 1 fully saturated rings. The Morgan fingerprint density at radius 3 is 2.56 bits per heavy atom. The molecule has 4 atom stereocenters. The number of rotatable bonds is 6. The number of hydrogen-bond donors (Lipinski definition) is 1. The quantitative estimate of drug-likeness (QED) is 0.526. The number of halogens is 1. The third-order valence-corrected chi connectivity index (χ3v) is 4.62. The van der Waals surface area contributed by atoms with Gasteiger partial charge in [0.2, 0.25) is 0 Å². The van der Waals surface area contributed by atoms with Crippen LogP contribution in [0.25, 0.3) is 0 Å². The Balaban J connectivity index is 2.25. The fourth-order valence-corrected chi connectivity index (χ4v) is 3.16. The molecule has 2 heterocycles. The zero-order chi connectivity index (χ0) is 18.6. The summed E-state index contributed by atoms with van der Waals surface area (Å²) >= 11 is 3.39. The van der Waals surface area contributed by atoms with Crippen molar-refractivity contribution in [2.24, 2.45) is 0 Å². The molecule has 0 spiro atoms. The SMILES string of the molecule is CCC(=O)OC[C@H]1O[C@H](n2ccc(=O)[nH]c2=O)[C@@H](Br)[C@@H]1OC(=O)CC. The normalized spacial score (nSPS) is 25.6. The van der Waals surface area contributed by atoms with E-state index in [9.17, 15) is 19.2 Å². The number of ether oxygens (including phenoxy) is 3. The number of alkyl halides is 1. The first kappa shape index (κ1) is 19.4. The number of H-pyrrole nitrogens is 1. The van der Waals surface area contributed by atoms with Gasteiger partial charge in [-0.05, 0) is 0 Å². The van der Waals surface area contributed by atoms with Gasteiger partial charge in [-0.1, -0.05) is 29.8 Å². The average Bonchev–Trinajstić information content (AvgIpc) is 2.88. The summed E-state index contributed by atoms with van der Waals surface area (Å²) in [5, 5.41) is 0. The summed E-state index contributed by atoms with van der Waals surface area (Å²) < 4.78 is 17.4. The summed E-state index contributed by atoms with van der Waals surface area (Å²) in [5.41, 5.74) is -1.19. The Bertz CT molecular complexity index is 744. The molecule has 138 valence electrons. The second-order valence-corrected chi connectivity index (χ2v) is 6.43. The monoisotopic (exact) mass is 418 g/mol. The van der Waals surface area contributed by atoms with E-state index in [1.54, 1.807) is 13.8 Å². The molecule has 2 rings (SSSR count). The molecular weight excluding hydrogens is 400 g/mol. The minimum absolute atomic E-state index is 0.120. The van der Waals surface area contributed by atoms with Crippen LogP contribution in [-0.2, 0) is 23.8 Å². The van der Waals surface area contributed by atoms with E-state index in [0.717, 1.165) is 0 Å². The molecule has 1 aliphatic heterocycles. The molecule has 1 aliphatic rings. The van der Waals surface area contributed by atoms with Gasteiger partial charge in [0.1, 0.15) is 18.8 Å². The van der Waals surface area contributed by atoms with Crippen LogP contribution < -0.4 is 11.2 Å². The maximum atomic E-state index is 12.0. The summed E-state index contributed by atoms with van der Waals surface area (Å²) in [5.74, 6) is -0.862. The maximum Gasteiger partial charge on any atom is 0.330 e. The fourth-order valence-electron chi connectivity index (χ4n) is 2.33. The molecule has 0 aliphatic carbocycles.